The molecule has 0 saturated carbocycles. The van der Waals surface area contributed by atoms with E-state index in [1.165, 1.54) is 10.6 Å². The van der Waals surface area contributed by atoms with Gasteiger partial charge >= 0.3 is 0 Å². The number of anilines is 1. The highest BCUT2D eigenvalue weighted by Crippen LogP contribution is 2.25. The lowest BCUT2D eigenvalue weighted by Crippen LogP contribution is -2.41. The first kappa shape index (κ1) is 14.6. The van der Waals surface area contributed by atoms with Crippen molar-refractivity contribution in [1.29, 1.82) is 0 Å². The van der Waals surface area contributed by atoms with Crippen LogP contribution >= 0.6 is 11.6 Å². The second kappa shape index (κ2) is 5.69. The summed E-state index contributed by atoms with van der Waals surface area (Å²) in [4.78, 5) is 0. The lowest BCUT2D eigenvalue weighted by atomic mass is 10.1. The lowest BCUT2D eigenvalue weighted by Gasteiger charge is -2.31. The van der Waals surface area contributed by atoms with Crippen LogP contribution in [0.1, 0.15) is 18.4 Å². The molecule has 1 aromatic rings. The van der Waals surface area contributed by atoms with Gasteiger partial charge < -0.3 is 5.32 Å². The van der Waals surface area contributed by atoms with Crippen molar-refractivity contribution in [1.82, 2.24) is 4.31 Å². The van der Waals surface area contributed by atoms with Gasteiger partial charge in [0.15, 0.2) is 0 Å². The Kier molecular flexibility index (Phi) is 4.38. The summed E-state index contributed by atoms with van der Waals surface area (Å²) in [5, 5.41) is 4.20. The Bertz CT molecular complexity index is 552. The highest BCUT2D eigenvalue weighted by Gasteiger charge is 2.24. The fourth-order valence-electron chi connectivity index (χ4n) is 2.32. The molecule has 0 aliphatic carbocycles. The van der Waals surface area contributed by atoms with Gasteiger partial charge in [0.05, 0.1) is 6.26 Å². The molecule has 1 heterocycles. The van der Waals surface area contributed by atoms with Crippen LogP contribution in [0.2, 0.25) is 5.02 Å². The fraction of sp³-hybridized carbons (Fsp3) is 0.538. The Hall–Kier alpha value is -0.780. The molecule has 4 nitrogen and oxygen atoms in total. The second-order valence-electron chi connectivity index (χ2n) is 4.99. The summed E-state index contributed by atoms with van der Waals surface area (Å²) in [7, 11) is -3.05. The normalized spacial score (nSPS) is 18.5. The highest BCUT2D eigenvalue weighted by atomic mass is 35.5. The molecule has 6 heteroatoms. The smallest absolute Gasteiger partial charge is 0.211 e. The Morgan fingerprint density at radius 3 is 2.53 bits per heavy atom. The van der Waals surface area contributed by atoms with Crippen LogP contribution in [0, 0.1) is 6.92 Å². The van der Waals surface area contributed by atoms with Gasteiger partial charge in [0, 0.05) is 29.8 Å². The standard InChI is InChI=1S/C13H19ClN2O2S/c1-10-12(14)4-3-5-13(10)15-11-6-8-16(9-7-11)19(2,17)18/h3-5,11,15H,6-9H2,1-2H3. The first-order valence-corrected chi connectivity index (χ1v) is 8.57. The minimum atomic E-state index is -3.05. The molecule has 0 atom stereocenters. The Morgan fingerprint density at radius 1 is 1.32 bits per heavy atom. The fourth-order valence-corrected chi connectivity index (χ4v) is 3.36. The van der Waals surface area contributed by atoms with Crippen molar-refractivity contribution in [2.75, 3.05) is 24.7 Å². The van der Waals surface area contributed by atoms with Crippen molar-refractivity contribution in [2.45, 2.75) is 25.8 Å². The first-order chi connectivity index (χ1) is 8.88. The zero-order valence-electron chi connectivity index (χ0n) is 11.2. The van der Waals surface area contributed by atoms with Crippen molar-refractivity contribution in [3.05, 3.63) is 28.8 Å². The summed E-state index contributed by atoms with van der Waals surface area (Å²) in [5.41, 5.74) is 2.07. The summed E-state index contributed by atoms with van der Waals surface area (Å²) >= 11 is 6.09. The Morgan fingerprint density at radius 2 is 1.95 bits per heavy atom. The SMILES string of the molecule is Cc1c(Cl)cccc1NC1CCN(S(C)(=O)=O)CC1. The van der Waals surface area contributed by atoms with Gasteiger partial charge in [-0.25, -0.2) is 12.7 Å². The largest absolute Gasteiger partial charge is 0.382 e. The molecular formula is C13H19ClN2O2S. The number of hydrogen-bond donors (Lipinski definition) is 1. The van der Waals surface area contributed by atoms with E-state index in [2.05, 4.69) is 5.32 Å². The van der Waals surface area contributed by atoms with Gasteiger partial charge in [-0.1, -0.05) is 17.7 Å². The molecule has 1 aromatic carbocycles. The third-order valence-electron chi connectivity index (χ3n) is 3.55. The van der Waals surface area contributed by atoms with E-state index in [4.69, 9.17) is 11.6 Å². The maximum Gasteiger partial charge on any atom is 0.211 e. The zero-order chi connectivity index (χ0) is 14.0. The average Bonchev–Trinajstić information content (AvgIpc) is 2.35. The predicted octanol–water partition coefficient (Wildman–Crippen LogP) is 2.48. The molecule has 1 aliphatic heterocycles. The van der Waals surface area contributed by atoms with Crippen molar-refractivity contribution in [2.24, 2.45) is 0 Å². The average molecular weight is 303 g/mol. The van der Waals surface area contributed by atoms with Gasteiger partial charge in [0.2, 0.25) is 10.0 Å². The summed E-state index contributed by atoms with van der Waals surface area (Å²) in [6.07, 6.45) is 2.90. The van der Waals surface area contributed by atoms with Crippen LogP contribution in [0.25, 0.3) is 0 Å². The lowest BCUT2D eigenvalue weighted by molar-refractivity contribution is 0.332. The van der Waals surface area contributed by atoms with Gasteiger partial charge in [-0.2, -0.15) is 0 Å². The van der Waals surface area contributed by atoms with E-state index in [1.807, 2.05) is 25.1 Å². The molecular weight excluding hydrogens is 284 g/mol. The van der Waals surface area contributed by atoms with Gasteiger partial charge in [-0.05, 0) is 37.5 Å². The maximum atomic E-state index is 11.4. The number of halogens is 1. The van der Waals surface area contributed by atoms with E-state index < -0.39 is 10.0 Å². The Labute approximate surface area is 119 Å². The monoisotopic (exact) mass is 302 g/mol. The quantitative estimate of drug-likeness (QED) is 0.933. The summed E-state index contributed by atoms with van der Waals surface area (Å²) in [5.74, 6) is 0. The number of piperidine rings is 1. The summed E-state index contributed by atoms with van der Waals surface area (Å²) < 4.78 is 24.4. The van der Waals surface area contributed by atoms with Crippen LogP contribution in [-0.2, 0) is 10.0 Å². The molecule has 1 saturated heterocycles. The van der Waals surface area contributed by atoms with Crippen LogP contribution in [0.15, 0.2) is 18.2 Å². The number of benzene rings is 1. The number of nitrogens with zero attached hydrogens (tertiary/aromatic N) is 1. The summed E-state index contributed by atoms with van der Waals surface area (Å²) in [6, 6.07) is 6.09. The maximum absolute atomic E-state index is 11.4. The van der Waals surface area contributed by atoms with Crippen LogP contribution in [0.3, 0.4) is 0 Å². The van der Waals surface area contributed by atoms with Crippen molar-refractivity contribution >= 4 is 27.3 Å². The highest BCUT2D eigenvalue weighted by molar-refractivity contribution is 7.88. The van der Waals surface area contributed by atoms with E-state index in [-0.39, 0.29) is 0 Å². The molecule has 0 aromatic heterocycles. The third-order valence-corrected chi connectivity index (χ3v) is 5.26. The molecule has 0 amide bonds. The van der Waals surface area contributed by atoms with Crippen LogP contribution in [-0.4, -0.2) is 38.1 Å². The van der Waals surface area contributed by atoms with E-state index in [0.717, 1.165) is 29.1 Å². The molecule has 0 bridgehead atoms. The predicted molar refractivity (Wildman–Crippen MR) is 79.3 cm³/mol. The van der Waals surface area contributed by atoms with Crippen molar-refractivity contribution in [3.63, 3.8) is 0 Å². The number of nitrogens with one attached hydrogen (secondary N) is 1. The minimum absolute atomic E-state index is 0.301. The number of hydrogen-bond acceptors (Lipinski definition) is 3. The molecule has 19 heavy (non-hydrogen) atoms. The van der Waals surface area contributed by atoms with E-state index >= 15 is 0 Å². The topological polar surface area (TPSA) is 49.4 Å². The van der Waals surface area contributed by atoms with Crippen molar-refractivity contribution in [3.8, 4) is 0 Å². The van der Waals surface area contributed by atoms with Crippen molar-refractivity contribution < 1.29 is 8.42 Å². The molecule has 1 fully saturated rings. The minimum Gasteiger partial charge on any atom is -0.382 e. The van der Waals surface area contributed by atoms with Gasteiger partial charge in [-0.3, -0.25) is 0 Å². The number of sulfonamides is 1. The van der Waals surface area contributed by atoms with Gasteiger partial charge in [0.1, 0.15) is 0 Å². The van der Waals surface area contributed by atoms with E-state index in [9.17, 15) is 8.42 Å². The van der Waals surface area contributed by atoms with Gasteiger partial charge in [-0.15, -0.1) is 0 Å². The third kappa shape index (κ3) is 3.61. The molecule has 0 radical (unpaired) electrons. The Balaban J connectivity index is 1.98. The molecule has 0 unspecified atom stereocenters. The molecule has 2 rings (SSSR count). The second-order valence-corrected chi connectivity index (χ2v) is 7.38. The molecule has 1 aliphatic rings. The summed E-state index contributed by atoms with van der Waals surface area (Å²) in [6.45, 7) is 3.14. The van der Waals surface area contributed by atoms with Crippen LogP contribution in [0.5, 0.6) is 0 Å². The molecule has 106 valence electrons. The zero-order valence-corrected chi connectivity index (χ0v) is 12.8. The first-order valence-electron chi connectivity index (χ1n) is 6.34. The number of rotatable bonds is 3. The molecule has 1 N–H and O–H groups in total. The van der Waals surface area contributed by atoms with E-state index in [0.29, 0.717) is 19.1 Å². The van der Waals surface area contributed by atoms with Gasteiger partial charge in [0.25, 0.3) is 0 Å². The van der Waals surface area contributed by atoms with Crippen LogP contribution < -0.4 is 5.32 Å². The van der Waals surface area contributed by atoms with E-state index in [1.54, 1.807) is 0 Å². The van der Waals surface area contributed by atoms with Crippen LogP contribution in [0.4, 0.5) is 5.69 Å². The molecule has 0 spiro atoms.